The molecule has 194 valence electrons. The minimum atomic E-state index is -4.21. The number of aryl methyl sites for hydroxylation is 1. The molecule has 0 fully saturated rings. The molecule has 9 nitrogen and oxygen atoms in total. The Hall–Kier alpha value is -4.19. The summed E-state index contributed by atoms with van der Waals surface area (Å²) in [6.45, 7) is 1.59. The fourth-order valence-corrected chi connectivity index (χ4v) is 4.94. The smallest absolute Gasteiger partial charge is 0.395 e. The normalized spacial score (nSPS) is 14.5. The summed E-state index contributed by atoms with van der Waals surface area (Å²) in [5, 5.41) is 2.43. The van der Waals surface area contributed by atoms with E-state index in [9.17, 15) is 26.8 Å². The Labute approximate surface area is 212 Å². The molecule has 1 heterocycles. The van der Waals surface area contributed by atoms with Gasteiger partial charge in [-0.05, 0) is 36.2 Å². The van der Waals surface area contributed by atoms with E-state index in [-0.39, 0.29) is 28.5 Å². The summed E-state index contributed by atoms with van der Waals surface area (Å²) in [5.74, 6) is -1.07. The number of anilines is 1. The minimum Gasteiger partial charge on any atom is -0.395 e. The molecule has 3 amide bonds. The van der Waals surface area contributed by atoms with Crippen LogP contribution in [0.2, 0.25) is 0 Å². The van der Waals surface area contributed by atoms with Gasteiger partial charge in [-0.2, -0.15) is 0 Å². The summed E-state index contributed by atoms with van der Waals surface area (Å²) in [5.41, 5.74) is 1.33. The van der Waals surface area contributed by atoms with Crippen molar-refractivity contribution in [2.45, 2.75) is 30.6 Å². The van der Waals surface area contributed by atoms with Gasteiger partial charge in [0.25, 0.3) is 10.0 Å². The van der Waals surface area contributed by atoms with Gasteiger partial charge in [0.2, 0.25) is 5.91 Å². The van der Waals surface area contributed by atoms with Crippen LogP contribution in [0.1, 0.15) is 11.1 Å². The number of alkyl halides is 2. The van der Waals surface area contributed by atoms with Crippen molar-refractivity contribution in [3.63, 3.8) is 0 Å². The Morgan fingerprint density at radius 3 is 2.32 bits per heavy atom. The Morgan fingerprint density at radius 2 is 1.62 bits per heavy atom. The average Bonchev–Trinajstić information content (AvgIpc) is 3.16. The van der Waals surface area contributed by atoms with E-state index in [4.69, 9.17) is 0 Å². The summed E-state index contributed by atoms with van der Waals surface area (Å²) in [4.78, 5) is 27.2. The summed E-state index contributed by atoms with van der Waals surface area (Å²) in [6, 6.07) is 16.4. The predicted molar refractivity (Wildman–Crippen MR) is 130 cm³/mol. The molecule has 37 heavy (non-hydrogen) atoms. The largest absolute Gasteiger partial charge is 0.586 e. The second-order valence-electron chi connectivity index (χ2n) is 8.28. The van der Waals surface area contributed by atoms with Crippen LogP contribution in [0.15, 0.2) is 77.7 Å². The number of carbonyl (C=O) groups excluding carboxylic acids is 2. The zero-order valence-electron chi connectivity index (χ0n) is 19.8. The first-order valence-corrected chi connectivity index (χ1v) is 12.5. The number of hydrogen-bond donors (Lipinski definition) is 2. The lowest BCUT2D eigenvalue weighted by atomic mass is 10.0. The molecular formula is C25H23F2N3O6S. The third-order valence-electron chi connectivity index (χ3n) is 5.60. The van der Waals surface area contributed by atoms with Crippen molar-refractivity contribution < 1.29 is 36.3 Å². The molecule has 12 heteroatoms. The number of ether oxygens (including phenoxy) is 2. The van der Waals surface area contributed by atoms with E-state index in [1.165, 1.54) is 37.4 Å². The summed E-state index contributed by atoms with van der Waals surface area (Å²) < 4.78 is 63.0. The molecule has 0 aromatic heterocycles. The molecule has 1 aliphatic rings. The highest BCUT2D eigenvalue weighted by atomic mass is 32.2. The third-order valence-corrected chi connectivity index (χ3v) is 7.09. The highest BCUT2D eigenvalue weighted by Gasteiger charge is 2.43. The number of nitrogens with one attached hydrogen (secondary N) is 2. The fourth-order valence-electron chi connectivity index (χ4n) is 3.78. The van der Waals surface area contributed by atoms with E-state index in [0.29, 0.717) is 11.1 Å². The fraction of sp³-hybridized carbons (Fsp3) is 0.200. The maximum absolute atomic E-state index is 13.4. The van der Waals surface area contributed by atoms with Gasteiger partial charge in [-0.25, -0.2) is 17.9 Å². The second-order valence-corrected chi connectivity index (χ2v) is 9.93. The van der Waals surface area contributed by atoms with Gasteiger partial charge < -0.3 is 19.7 Å². The summed E-state index contributed by atoms with van der Waals surface area (Å²) in [7, 11) is -2.82. The van der Waals surface area contributed by atoms with E-state index >= 15 is 0 Å². The lowest BCUT2D eigenvalue weighted by Gasteiger charge is -2.25. The Bertz CT molecular complexity index is 1430. The van der Waals surface area contributed by atoms with Gasteiger partial charge in [0.05, 0.1) is 4.90 Å². The highest BCUT2D eigenvalue weighted by Crippen LogP contribution is 2.42. The Morgan fingerprint density at radius 1 is 0.973 bits per heavy atom. The molecule has 1 unspecified atom stereocenters. The molecule has 0 aliphatic carbocycles. The van der Waals surface area contributed by atoms with Crippen molar-refractivity contribution in [2.24, 2.45) is 0 Å². The number of benzene rings is 3. The van der Waals surface area contributed by atoms with Crippen LogP contribution in [0.4, 0.5) is 19.3 Å². The van der Waals surface area contributed by atoms with E-state index in [1.54, 1.807) is 49.4 Å². The Balaban J connectivity index is 1.55. The van der Waals surface area contributed by atoms with Crippen molar-refractivity contribution in [1.29, 1.82) is 0 Å². The molecule has 1 atom stereocenters. The first-order valence-electron chi connectivity index (χ1n) is 11.1. The maximum atomic E-state index is 13.4. The number of fused-ring (bicyclic) bond motifs is 1. The minimum absolute atomic E-state index is 0.0322. The molecule has 2 N–H and O–H groups in total. The number of nitrogens with zero attached hydrogens (tertiary/aromatic N) is 1. The van der Waals surface area contributed by atoms with Crippen molar-refractivity contribution >= 4 is 27.6 Å². The number of carbonyl (C=O) groups is 2. The Kier molecular flexibility index (Phi) is 7.03. The quantitative estimate of drug-likeness (QED) is 0.482. The molecule has 1 aliphatic heterocycles. The summed E-state index contributed by atoms with van der Waals surface area (Å²) >= 11 is 0. The van der Waals surface area contributed by atoms with Crippen LogP contribution in [0.5, 0.6) is 11.5 Å². The monoisotopic (exact) mass is 531 g/mol. The van der Waals surface area contributed by atoms with E-state index in [0.717, 1.165) is 4.90 Å². The van der Waals surface area contributed by atoms with Crippen LogP contribution >= 0.6 is 0 Å². The first kappa shape index (κ1) is 25.9. The second kappa shape index (κ2) is 10.1. The van der Waals surface area contributed by atoms with Crippen molar-refractivity contribution in [2.75, 3.05) is 11.9 Å². The number of rotatable bonds is 7. The zero-order valence-corrected chi connectivity index (χ0v) is 20.6. The molecule has 3 aromatic rings. The zero-order chi connectivity index (χ0) is 26.8. The van der Waals surface area contributed by atoms with E-state index < -0.39 is 34.3 Å². The molecule has 0 spiro atoms. The predicted octanol–water partition coefficient (Wildman–Crippen LogP) is 3.58. The van der Waals surface area contributed by atoms with Gasteiger partial charge in [0, 0.05) is 25.2 Å². The average molecular weight is 532 g/mol. The van der Waals surface area contributed by atoms with Gasteiger partial charge >= 0.3 is 12.3 Å². The van der Waals surface area contributed by atoms with Crippen molar-refractivity contribution in [1.82, 2.24) is 10.0 Å². The number of hydrogen-bond acceptors (Lipinski definition) is 6. The number of urea groups is 1. The van der Waals surface area contributed by atoms with Crippen molar-refractivity contribution in [3.05, 3.63) is 83.9 Å². The van der Waals surface area contributed by atoms with Gasteiger partial charge in [0.1, 0.15) is 6.04 Å². The molecule has 3 aromatic carbocycles. The third kappa shape index (κ3) is 5.97. The van der Waals surface area contributed by atoms with Crippen LogP contribution in [0.25, 0.3) is 0 Å². The van der Waals surface area contributed by atoms with E-state index in [1.807, 2.05) is 4.72 Å². The molecular weight excluding hydrogens is 508 g/mol. The maximum Gasteiger partial charge on any atom is 0.586 e. The van der Waals surface area contributed by atoms with Gasteiger partial charge in [-0.1, -0.05) is 48.5 Å². The SMILES string of the molecule is Cc1ccccc1S(=O)(=O)NC(=O)NC(Cc1ccccc1)C(=O)N(C)c1ccc2c(c1)OC(F)(F)O2. The van der Waals surface area contributed by atoms with Crippen LogP contribution in [0.3, 0.4) is 0 Å². The molecule has 0 saturated heterocycles. The molecule has 0 radical (unpaired) electrons. The van der Waals surface area contributed by atoms with Crippen LogP contribution in [-0.4, -0.2) is 39.7 Å². The highest BCUT2D eigenvalue weighted by molar-refractivity contribution is 7.90. The number of amides is 3. The molecule has 0 bridgehead atoms. The standard InChI is InChI=1S/C25H23F2N3O6S/c1-16-8-6-7-11-22(16)37(33,34)29-24(32)28-19(14-17-9-4-3-5-10-17)23(31)30(2)18-12-13-20-21(15-18)36-25(26,27)35-20/h3-13,15,19H,14H2,1-2H3,(H2,28,29,32). The van der Waals surface area contributed by atoms with Crippen molar-refractivity contribution in [3.8, 4) is 11.5 Å². The lowest BCUT2D eigenvalue weighted by Crippen LogP contribution is -2.52. The van der Waals surface area contributed by atoms with Crippen LogP contribution in [0, 0.1) is 6.92 Å². The number of halogens is 2. The van der Waals surface area contributed by atoms with Gasteiger partial charge in [-0.3, -0.25) is 4.79 Å². The van der Waals surface area contributed by atoms with Crippen LogP contribution < -0.4 is 24.4 Å². The number of sulfonamides is 1. The lowest BCUT2D eigenvalue weighted by molar-refractivity contribution is -0.286. The van der Waals surface area contributed by atoms with Crippen LogP contribution in [-0.2, 0) is 21.2 Å². The first-order chi connectivity index (χ1) is 17.4. The summed E-state index contributed by atoms with van der Waals surface area (Å²) in [6.07, 6.45) is -3.79. The molecule has 4 rings (SSSR count). The topological polar surface area (TPSA) is 114 Å². The van der Waals surface area contributed by atoms with Gasteiger partial charge in [0.15, 0.2) is 11.5 Å². The number of likely N-dealkylation sites (N-methyl/N-ethyl adjacent to an activating group) is 1. The molecule has 0 saturated carbocycles. The van der Waals surface area contributed by atoms with E-state index in [2.05, 4.69) is 14.8 Å². The van der Waals surface area contributed by atoms with Gasteiger partial charge in [-0.15, -0.1) is 8.78 Å².